The van der Waals surface area contributed by atoms with Crippen LogP contribution in [-0.4, -0.2) is 59.5 Å². The molecule has 0 spiro atoms. The lowest BCUT2D eigenvalue weighted by atomic mass is 9.87. The van der Waals surface area contributed by atoms with Gasteiger partial charge in [-0.3, -0.25) is 9.48 Å². The molecule has 1 saturated heterocycles. The van der Waals surface area contributed by atoms with E-state index in [1.54, 1.807) is 34.8 Å². The van der Waals surface area contributed by atoms with Gasteiger partial charge in [-0.05, 0) is 36.1 Å². The molecule has 2 heterocycles. The Morgan fingerprint density at radius 2 is 1.61 bits per heavy atom. The molecule has 1 aliphatic rings. The van der Waals surface area contributed by atoms with Crippen LogP contribution in [0.4, 0.5) is 0 Å². The van der Waals surface area contributed by atoms with Crippen molar-refractivity contribution in [1.82, 2.24) is 19.0 Å². The quantitative estimate of drug-likeness (QED) is 0.786. The number of benzene rings is 1. The van der Waals surface area contributed by atoms with Crippen LogP contribution in [0.15, 0.2) is 35.2 Å². The van der Waals surface area contributed by atoms with Crippen molar-refractivity contribution in [3.8, 4) is 0 Å². The van der Waals surface area contributed by atoms with E-state index in [0.29, 0.717) is 23.7 Å². The van der Waals surface area contributed by atoms with Gasteiger partial charge in [-0.25, -0.2) is 8.42 Å². The van der Waals surface area contributed by atoms with E-state index in [1.807, 2.05) is 19.1 Å². The van der Waals surface area contributed by atoms with Gasteiger partial charge in [0.05, 0.1) is 4.90 Å². The third-order valence-corrected chi connectivity index (χ3v) is 7.13. The number of piperazine rings is 1. The number of hydrogen-bond acceptors (Lipinski definition) is 4. The Morgan fingerprint density at radius 3 is 2.07 bits per heavy atom. The standard InChI is InChI=1S/C20H28N4O3S/c1-15-14-18(21-22(15)5)19(25)23-10-12-24(13-11-23)28(26,27)17-8-6-16(7-9-17)20(2,3)4/h6-9,14H,10-13H2,1-5H3. The molecule has 1 aromatic carbocycles. The monoisotopic (exact) mass is 404 g/mol. The molecule has 1 amide bonds. The van der Waals surface area contributed by atoms with Gasteiger partial charge < -0.3 is 4.90 Å². The largest absolute Gasteiger partial charge is 0.335 e. The highest BCUT2D eigenvalue weighted by Gasteiger charge is 2.31. The van der Waals surface area contributed by atoms with Gasteiger partial charge in [0.1, 0.15) is 0 Å². The van der Waals surface area contributed by atoms with Gasteiger partial charge >= 0.3 is 0 Å². The summed E-state index contributed by atoms with van der Waals surface area (Å²) in [5.41, 5.74) is 2.36. The number of carbonyl (C=O) groups excluding carboxylic acids is 1. The fourth-order valence-corrected chi connectivity index (χ4v) is 4.66. The molecule has 0 aliphatic carbocycles. The van der Waals surface area contributed by atoms with Crippen molar-refractivity contribution in [2.24, 2.45) is 7.05 Å². The first-order valence-corrected chi connectivity index (χ1v) is 10.8. The van der Waals surface area contributed by atoms with Crippen LogP contribution < -0.4 is 0 Å². The first kappa shape index (κ1) is 20.5. The molecule has 3 rings (SSSR count). The summed E-state index contributed by atoms with van der Waals surface area (Å²) in [5.74, 6) is -0.157. The average molecular weight is 405 g/mol. The number of aryl methyl sites for hydroxylation is 2. The smallest absolute Gasteiger partial charge is 0.274 e. The van der Waals surface area contributed by atoms with E-state index in [-0.39, 0.29) is 24.4 Å². The molecule has 0 N–H and O–H groups in total. The Morgan fingerprint density at radius 1 is 1.04 bits per heavy atom. The van der Waals surface area contributed by atoms with Gasteiger partial charge in [-0.1, -0.05) is 32.9 Å². The highest BCUT2D eigenvalue weighted by atomic mass is 32.2. The Balaban J connectivity index is 1.69. The molecule has 28 heavy (non-hydrogen) atoms. The van der Waals surface area contributed by atoms with Gasteiger partial charge in [-0.2, -0.15) is 9.40 Å². The Bertz CT molecular complexity index is 944. The molecule has 0 unspecified atom stereocenters. The summed E-state index contributed by atoms with van der Waals surface area (Å²) in [7, 11) is -1.77. The van der Waals surface area contributed by atoms with Crippen LogP contribution in [0.5, 0.6) is 0 Å². The van der Waals surface area contributed by atoms with Crippen molar-refractivity contribution in [3.05, 3.63) is 47.3 Å². The van der Waals surface area contributed by atoms with Crippen LogP contribution in [-0.2, 0) is 22.5 Å². The lowest BCUT2D eigenvalue weighted by Crippen LogP contribution is -2.50. The van der Waals surface area contributed by atoms with E-state index >= 15 is 0 Å². The van der Waals surface area contributed by atoms with Gasteiger partial charge in [0.25, 0.3) is 5.91 Å². The minimum atomic E-state index is -3.57. The van der Waals surface area contributed by atoms with Crippen LogP contribution in [0.1, 0.15) is 42.5 Å². The predicted octanol–water partition coefficient (Wildman–Crippen LogP) is 2.17. The van der Waals surface area contributed by atoms with E-state index < -0.39 is 10.0 Å². The van der Waals surface area contributed by atoms with Gasteiger partial charge in [0.2, 0.25) is 10.0 Å². The zero-order valence-electron chi connectivity index (χ0n) is 17.1. The number of rotatable bonds is 3. The summed E-state index contributed by atoms with van der Waals surface area (Å²) in [5, 5.41) is 4.22. The summed E-state index contributed by atoms with van der Waals surface area (Å²) in [6.45, 7) is 9.43. The first-order valence-electron chi connectivity index (χ1n) is 9.41. The lowest BCUT2D eigenvalue weighted by Gasteiger charge is -2.33. The van der Waals surface area contributed by atoms with Crippen molar-refractivity contribution in [2.75, 3.05) is 26.2 Å². The molecule has 7 nitrogen and oxygen atoms in total. The molecular formula is C20H28N4O3S. The molecule has 0 bridgehead atoms. The van der Waals surface area contributed by atoms with Crippen molar-refractivity contribution < 1.29 is 13.2 Å². The zero-order chi connectivity index (χ0) is 20.7. The SMILES string of the molecule is Cc1cc(C(=O)N2CCN(S(=O)(=O)c3ccc(C(C)(C)C)cc3)CC2)nn1C. The van der Waals surface area contributed by atoms with Gasteiger partial charge in [0.15, 0.2) is 5.69 Å². The van der Waals surface area contributed by atoms with E-state index in [2.05, 4.69) is 25.9 Å². The highest BCUT2D eigenvalue weighted by molar-refractivity contribution is 7.89. The second-order valence-electron chi connectivity index (χ2n) is 8.27. The summed E-state index contributed by atoms with van der Waals surface area (Å²) in [6.07, 6.45) is 0. The van der Waals surface area contributed by atoms with Crippen molar-refractivity contribution in [1.29, 1.82) is 0 Å². The number of nitrogens with zero attached hydrogens (tertiary/aromatic N) is 4. The van der Waals surface area contributed by atoms with E-state index in [0.717, 1.165) is 11.3 Å². The van der Waals surface area contributed by atoms with Crippen LogP contribution in [0.3, 0.4) is 0 Å². The molecular weight excluding hydrogens is 376 g/mol. The Hall–Kier alpha value is -2.19. The molecule has 1 aliphatic heterocycles. The van der Waals surface area contributed by atoms with E-state index in [9.17, 15) is 13.2 Å². The third-order valence-electron chi connectivity index (χ3n) is 5.22. The molecule has 0 saturated carbocycles. The van der Waals surface area contributed by atoms with Crippen molar-refractivity contribution >= 4 is 15.9 Å². The highest BCUT2D eigenvalue weighted by Crippen LogP contribution is 2.25. The molecule has 1 aromatic heterocycles. The van der Waals surface area contributed by atoms with Gasteiger partial charge in [0, 0.05) is 38.9 Å². The van der Waals surface area contributed by atoms with Crippen molar-refractivity contribution in [2.45, 2.75) is 38.0 Å². The average Bonchev–Trinajstić information content (AvgIpc) is 2.99. The van der Waals surface area contributed by atoms with Crippen LogP contribution in [0.25, 0.3) is 0 Å². The first-order chi connectivity index (χ1) is 13.0. The predicted molar refractivity (Wildman–Crippen MR) is 108 cm³/mol. The second kappa shape index (κ2) is 7.33. The van der Waals surface area contributed by atoms with E-state index in [1.165, 1.54) is 4.31 Å². The molecule has 0 radical (unpaired) electrons. The topological polar surface area (TPSA) is 75.5 Å². The van der Waals surface area contributed by atoms with Crippen LogP contribution in [0, 0.1) is 6.92 Å². The summed E-state index contributed by atoms with van der Waals surface area (Å²) in [6, 6.07) is 8.84. The number of amides is 1. The van der Waals surface area contributed by atoms with Crippen molar-refractivity contribution in [3.63, 3.8) is 0 Å². The lowest BCUT2D eigenvalue weighted by molar-refractivity contribution is 0.0691. The number of aromatic nitrogens is 2. The fraction of sp³-hybridized carbons (Fsp3) is 0.500. The number of sulfonamides is 1. The van der Waals surface area contributed by atoms with Crippen LogP contribution >= 0.6 is 0 Å². The van der Waals surface area contributed by atoms with Gasteiger partial charge in [-0.15, -0.1) is 0 Å². The second-order valence-corrected chi connectivity index (χ2v) is 10.2. The zero-order valence-corrected chi connectivity index (χ0v) is 18.0. The molecule has 0 atom stereocenters. The Kier molecular flexibility index (Phi) is 5.38. The summed E-state index contributed by atoms with van der Waals surface area (Å²) < 4.78 is 29.0. The maximum Gasteiger partial charge on any atom is 0.274 e. The minimum absolute atomic E-state index is 0.0297. The number of hydrogen-bond donors (Lipinski definition) is 0. The number of carbonyl (C=O) groups is 1. The molecule has 2 aromatic rings. The van der Waals surface area contributed by atoms with Crippen LogP contribution in [0.2, 0.25) is 0 Å². The normalized spacial score (nSPS) is 16.4. The maximum absolute atomic E-state index is 12.9. The fourth-order valence-electron chi connectivity index (χ4n) is 3.23. The molecule has 8 heteroatoms. The summed E-state index contributed by atoms with van der Waals surface area (Å²) >= 11 is 0. The third kappa shape index (κ3) is 3.98. The Labute approximate surface area is 167 Å². The molecule has 152 valence electrons. The summed E-state index contributed by atoms with van der Waals surface area (Å²) in [4.78, 5) is 14.6. The minimum Gasteiger partial charge on any atom is -0.335 e. The molecule has 1 fully saturated rings. The van der Waals surface area contributed by atoms with E-state index in [4.69, 9.17) is 0 Å². The maximum atomic E-state index is 12.9.